The van der Waals surface area contributed by atoms with Crippen LogP contribution in [0.4, 0.5) is 0 Å². The van der Waals surface area contributed by atoms with Crippen LogP contribution in [0.3, 0.4) is 0 Å². The van der Waals surface area contributed by atoms with Gasteiger partial charge in [-0.05, 0) is 30.9 Å². The second-order valence-electron chi connectivity index (χ2n) is 7.20. The van der Waals surface area contributed by atoms with Crippen molar-refractivity contribution >= 4 is 16.8 Å². The van der Waals surface area contributed by atoms with E-state index in [-0.39, 0.29) is 23.7 Å². The fraction of sp³-hybridized carbons (Fsp3) is 0.368. The zero-order valence-electron chi connectivity index (χ0n) is 12.6. The average molecular weight is 304 g/mol. The molecule has 2 fully saturated rings. The summed E-state index contributed by atoms with van der Waals surface area (Å²) in [5, 5.41) is 1.04. The Bertz CT molecular complexity index is 905. The van der Waals surface area contributed by atoms with E-state index in [9.17, 15) is 4.79 Å². The average Bonchev–Trinajstić information content (AvgIpc) is 3.21. The molecule has 4 nitrogen and oxygen atoms in total. The molecule has 4 aliphatic rings. The largest absolute Gasteiger partial charge is 0.361 e. The Morgan fingerprint density at radius 1 is 1.26 bits per heavy atom. The fourth-order valence-electron chi connectivity index (χ4n) is 4.94. The van der Waals surface area contributed by atoms with Crippen LogP contribution in [0.1, 0.15) is 34.9 Å². The lowest BCUT2D eigenvalue weighted by molar-refractivity contribution is -0.0448. The molecular weight excluding hydrogens is 288 g/mol. The van der Waals surface area contributed by atoms with E-state index < -0.39 is 0 Å². The van der Waals surface area contributed by atoms with E-state index >= 15 is 0 Å². The van der Waals surface area contributed by atoms with Crippen molar-refractivity contribution < 1.29 is 9.53 Å². The molecule has 4 heteroatoms. The Kier molecular flexibility index (Phi) is 2.03. The van der Waals surface area contributed by atoms with Crippen LogP contribution >= 0.6 is 0 Å². The molecule has 23 heavy (non-hydrogen) atoms. The lowest BCUT2D eigenvalue weighted by Crippen LogP contribution is -2.51. The molecular formula is C19H16N2O2. The first-order valence-corrected chi connectivity index (χ1v) is 8.31. The summed E-state index contributed by atoms with van der Waals surface area (Å²) in [5.41, 5.74) is 2.49. The summed E-state index contributed by atoms with van der Waals surface area (Å²) < 4.78 is 6.17. The van der Waals surface area contributed by atoms with E-state index in [0.717, 1.165) is 35.0 Å². The number of ether oxygens (including phenoxy) is 1. The van der Waals surface area contributed by atoms with E-state index in [0.29, 0.717) is 12.5 Å². The van der Waals surface area contributed by atoms with Gasteiger partial charge in [0.2, 0.25) is 0 Å². The smallest absolute Gasteiger partial charge is 0.256 e. The number of carbonyl (C=O) groups excluding carboxylic acids is 1. The van der Waals surface area contributed by atoms with Crippen molar-refractivity contribution in [2.24, 2.45) is 5.92 Å². The van der Waals surface area contributed by atoms with Gasteiger partial charge in [-0.25, -0.2) is 4.98 Å². The van der Waals surface area contributed by atoms with Crippen molar-refractivity contribution in [1.29, 1.82) is 0 Å². The van der Waals surface area contributed by atoms with Gasteiger partial charge in [-0.2, -0.15) is 0 Å². The summed E-state index contributed by atoms with van der Waals surface area (Å²) in [6.45, 7) is 0.668. The molecule has 0 aliphatic carbocycles. The number of fused-ring (bicyclic) bond motifs is 5. The number of pyridine rings is 1. The van der Waals surface area contributed by atoms with Crippen molar-refractivity contribution in [2.75, 3.05) is 6.54 Å². The summed E-state index contributed by atoms with van der Waals surface area (Å²) in [4.78, 5) is 19.8. The zero-order chi connectivity index (χ0) is 15.2. The van der Waals surface area contributed by atoms with Crippen molar-refractivity contribution in [3.63, 3.8) is 0 Å². The predicted octanol–water partition coefficient (Wildman–Crippen LogP) is 2.85. The number of aromatic nitrogens is 1. The lowest BCUT2D eigenvalue weighted by atomic mass is 9.75. The second-order valence-corrected chi connectivity index (χ2v) is 7.20. The summed E-state index contributed by atoms with van der Waals surface area (Å²) in [6.07, 6.45) is 6.65. The molecule has 1 aromatic heterocycles. The van der Waals surface area contributed by atoms with Crippen molar-refractivity contribution in [3.05, 3.63) is 53.7 Å². The highest BCUT2D eigenvalue weighted by Gasteiger charge is 2.58. The Balaban J connectivity index is 1.51. The Labute approximate surface area is 133 Å². The molecule has 0 radical (unpaired) electrons. The normalized spacial score (nSPS) is 36.4. The van der Waals surface area contributed by atoms with E-state index in [1.807, 2.05) is 35.2 Å². The summed E-state index contributed by atoms with van der Waals surface area (Å²) in [7, 11) is 0. The summed E-state index contributed by atoms with van der Waals surface area (Å²) >= 11 is 0. The molecule has 5 heterocycles. The van der Waals surface area contributed by atoms with Crippen LogP contribution in [0.5, 0.6) is 0 Å². The van der Waals surface area contributed by atoms with Gasteiger partial charge in [0.05, 0.1) is 35.5 Å². The highest BCUT2D eigenvalue weighted by atomic mass is 16.5. The highest BCUT2D eigenvalue weighted by Crippen LogP contribution is 2.54. The lowest BCUT2D eigenvalue weighted by Gasteiger charge is -2.43. The minimum atomic E-state index is -0.238. The number of benzene rings is 1. The van der Waals surface area contributed by atoms with Crippen molar-refractivity contribution in [3.8, 4) is 0 Å². The quantitative estimate of drug-likeness (QED) is 0.703. The zero-order valence-corrected chi connectivity index (χ0v) is 12.6. The number of hydrogen-bond acceptors (Lipinski definition) is 3. The molecule has 4 atom stereocenters. The van der Waals surface area contributed by atoms with Crippen LogP contribution in [0, 0.1) is 5.92 Å². The number of piperidine rings is 1. The van der Waals surface area contributed by atoms with Crippen LogP contribution in [-0.4, -0.2) is 34.0 Å². The first-order valence-electron chi connectivity index (χ1n) is 8.31. The number of rotatable bonds is 0. The topological polar surface area (TPSA) is 42.4 Å². The van der Waals surface area contributed by atoms with Gasteiger partial charge in [0, 0.05) is 5.39 Å². The van der Waals surface area contributed by atoms with Crippen LogP contribution in [0.2, 0.25) is 0 Å². The molecule has 2 saturated heterocycles. The van der Waals surface area contributed by atoms with Gasteiger partial charge < -0.3 is 9.64 Å². The van der Waals surface area contributed by atoms with E-state index in [1.54, 1.807) is 0 Å². The Morgan fingerprint density at radius 3 is 3.09 bits per heavy atom. The predicted molar refractivity (Wildman–Crippen MR) is 85.0 cm³/mol. The summed E-state index contributed by atoms with van der Waals surface area (Å²) in [5.74, 6) is 0.620. The molecule has 1 amide bonds. The van der Waals surface area contributed by atoms with Gasteiger partial charge >= 0.3 is 0 Å². The van der Waals surface area contributed by atoms with Gasteiger partial charge in [0.1, 0.15) is 5.60 Å². The third kappa shape index (κ3) is 1.41. The van der Waals surface area contributed by atoms with E-state index in [1.165, 1.54) is 0 Å². The number of amides is 1. The molecule has 1 aromatic carbocycles. The van der Waals surface area contributed by atoms with Crippen molar-refractivity contribution in [1.82, 2.24) is 9.88 Å². The third-order valence-corrected chi connectivity index (χ3v) is 6.03. The maximum Gasteiger partial charge on any atom is 0.256 e. The Hall–Kier alpha value is -2.20. The molecule has 1 spiro atoms. The monoisotopic (exact) mass is 304 g/mol. The van der Waals surface area contributed by atoms with E-state index in [4.69, 9.17) is 9.72 Å². The Morgan fingerprint density at radius 2 is 2.17 bits per heavy atom. The first kappa shape index (κ1) is 12.3. The standard InChI is InChI=1S/C19H16N2O2/c22-18-14-7-11-3-1-2-4-15(11)20-17(14)16-9-12-8-13-5-6-19(12,23-13)10-21(16)18/h1-7,12-13,16H,8-10H2/t12?,13-,16?,19-/m1/s1. The van der Waals surface area contributed by atoms with Gasteiger partial charge in [0.25, 0.3) is 5.91 Å². The van der Waals surface area contributed by atoms with Gasteiger partial charge in [-0.1, -0.05) is 30.4 Å². The van der Waals surface area contributed by atoms with Crippen LogP contribution in [0.25, 0.3) is 10.9 Å². The number of hydrogen-bond donors (Lipinski definition) is 0. The van der Waals surface area contributed by atoms with Crippen LogP contribution in [-0.2, 0) is 4.74 Å². The minimum Gasteiger partial charge on any atom is -0.361 e. The van der Waals surface area contributed by atoms with Crippen LogP contribution in [0.15, 0.2) is 42.5 Å². The maximum absolute atomic E-state index is 12.9. The van der Waals surface area contributed by atoms with Gasteiger partial charge in [-0.3, -0.25) is 4.79 Å². The number of para-hydroxylation sites is 1. The van der Waals surface area contributed by atoms with E-state index in [2.05, 4.69) is 12.2 Å². The molecule has 0 saturated carbocycles. The second kappa shape index (κ2) is 3.82. The molecule has 2 bridgehead atoms. The molecule has 2 unspecified atom stereocenters. The molecule has 6 rings (SSSR count). The van der Waals surface area contributed by atoms with Gasteiger partial charge in [0.15, 0.2) is 0 Å². The molecule has 2 aromatic rings. The maximum atomic E-state index is 12.9. The fourth-order valence-corrected chi connectivity index (χ4v) is 4.94. The minimum absolute atomic E-state index is 0.114. The number of carbonyl (C=O) groups is 1. The molecule has 0 N–H and O–H groups in total. The van der Waals surface area contributed by atoms with Crippen molar-refractivity contribution in [2.45, 2.75) is 30.6 Å². The highest BCUT2D eigenvalue weighted by molar-refractivity contribution is 6.01. The third-order valence-electron chi connectivity index (χ3n) is 6.03. The number of nitrogens with zero attached hydrogens (tertiary/aromatic N) is 2. The summed E-state index contributed by atoms with van der Waals surface area (Å²) in [6, 6.07) is 10.2. The molecule has 114 valence electrons. The molecule has 4 aliphatic heterocycles. The van der Waals surface area contributed by atoms with Crippen LogP contribution < -0.4 is 0 Å². The SMILES string of the molecule is O=C1c2cc3ccccc3nc2C2CC3C[C@H]4C=C[C@]3(CN12)O4. The first-order chi connectivity index (χ1) is 11.2. The van der Waals surface area contributed by atoms with Gasteiger partial charge in [-0.15, -0.1) is 0 Å².